The van der Waals surface area contributed by atoms with Crippen LogP contribution in [0.5, 0.6) is 5.75 Å². The molecule has 0 N–H and O–H groups in total. The molecule has 84 valence electrons. The molecule has 0 fully saturated rings. The molecule has 0 aliphatic heterocycles. The third-order valence-electron chi connectivity index (χ3n) is 1.96. The number of benzene rings is 1. The van der Waals surface area contributed by atoms with Crippen molar-refractivity contribution < 1.29 is 69.1 Å². The molecular formula is C9H11BF3KOS. The minimum absolute atomic E-state index is 0. The van der Waals surface area contributed by atoms with Gasteiger partial charge in [0, 0.05) is 5.75 Å². The van der Waals surface area contributed by atoms with Crippen LogP contribution in [-0.4, -0.2) is 20.3 Å². The number of hydrogen-bond donors (Lipinski definition) is 0. The Morgan fingerprint density at radius 3 is 2.38 bits per heavy atom. The van der Waals surface area contributed by atoms with Crippen molar-refractivity contribution in [3.05, 3.63) is 23.8 Å². The Morgan fingerprint density at radius 1 is 1.31 bits per heavy atom. The molecule has 0 aliphatic carbocycles. The Labute approximate surface area is 140 Å². The number of hydrogen-bond acceptors (Lipinski definition) is 2. The van der Waals surface area contributed by atoms with Gasteiger partial charge in [-0.15, -0.1) is 0 Å². The molecule has 0 atom stereocenters. The first-order valence-electron chi connectivity index (χ1n) is 4.34. The second kappa shape index (κ2) is 7.33. The normalized spacial score (nSPS) is 10.8. The zero-order chi connectivity index (χ0) is 11.5. The van der Waals surface area contributed by atoms with E-state index in [0.717, 1.165) is 6.07 Å². The van der Waals surface area contributed by atoms with Gasteiger partial charge in [-0.05, 0) is 17.9 Å². The van der Waals surface area contributed by atoms with Gasteiger partial charge in [-0.3, -0.25) is 0 Å². The molecule has 0 heterocycles. The van der Waals surface area contributed by atoms with E-state index in [2.05, 4.69) is 0 Å². The molecule has 1 rings (SSSR count). The Morgan fingerprint density at radius 2 is 1.94 bits per heavy atom. The molecule has 0 amide bonds. The topological polar surface area (TPSA) is 9.23 Å². The van der Waals surface area contributed by atoms with Crippen LogP contribution in [0, 0.1) is 0 Å². The summed E-state index contributed by atoms with van der Waals surface area (Å²) in [6, 6.07) is 4.19. The standard InChI is InChI=1S/C9H11BF3OS.K/c1-14-9-4-3-7(6-15-2)5-8(9)10(11,12)13;/h3-5H,6H2,1-2H3;/q-1;+1. The second-order valence-electron chi connectivity index (χ2n) is 3.08. The molecule has 0 spiro atoms. The number of thioether (sulfide) groups is 1. The van der Waals surface area contributed by atoms with Crippen LogP contribution >= 0.6 is 11.8 Å². The Balaban J connectivity index is 0.00000225. The first-order chi connectivity index (χ1) is 6.99. The maximum Gasteiger partial charge on any atom is 1.00 e. The summed E-state index contributed by atoms with van der Waals surface area (Å²) in [5, 5.41) is 0. The van der Waals surface area contributed by atoms with Gasteiger partial charge in [-0.2, -0.15) is 11.8 Å². The number of halogens is 3. The van der Waals surface area contributed by atoms with Crippen molar-refractivity contribution in [3.8, 4) is 5.75 Å². The van der Waals surface area contributed by atoms with Crippen LogP contribution in [0.15, 0.2) is 18.2 Å². The van der Waals surface area contributed by atoms with Gasteiger partial charge in [0.2, 0.25) is 0 Å². The van der Waals surface area contributed by atoms with Gasteiger partial charge >= 0.3 is 58.4 Å². The van der Waals surface area contributed by atoms with Crippen molar-refractivity contribution >= 4 is 24.2 Å². The zero-order valence-corrected chi connectivity index (χ0v) is 13.4. The first kappa shape index (κ1) is 16.9. The van der Waals surface area contributed by atoms with Crippen LogP contribution in [0.3, 0.4) is 0 Å². The monoisotopic (exact) mass is 274 g/mol. The number of rotatable bonds is 4. The van der Waals surface area contributed by atoms with E-state index in [0.29, 0.717) is 11.3 Å². The molecule has 0 aliphatic rings. The predicted octanol–water partition coefficient (Wildman–Crippen LogP) is -0.383. The van der Waals surface area contributed by atoms with E-state index in [1.807, 2.05) is 6.26 Å². The van der Waals surface area contributed by atoms with Crippen LogP contribution in [0.1, 0.15) is 5.56 Å². The largest absolute Gasteiger partial charge is 1.00 e. The van der Waals surface area contributed by atoms with Gasteiger partial charge < -0.3 is 17.7 Å². The van der Waals surface area contributed by atoms with E-state index in [1.165, 1.54) is 24.9 Å². The summed E-state index contributed by atoms with van der Waals surface area (Å²) >= 11 is 1.49. The van der Waals surface area contributed by atoms with Crippen LogP contribution in [0.25, 0.3) is 0 Å². The van der Waals surface area contributed by atoms with Crippen molar-refractivity contribution in [2.75, 3.05) is 13.4 Å². The predicted molar refractivity (Wildman–Crippen MR) is 58.9 cm³/mol. The summed E-state index contributed by atoms with van der Waals surface area (Å²) in [6.07, 6.45) is 1.85. The van der Waals surface area contributed by atoms with Crippen molar-refractivity contribution in [2.45, 2.75) is 5.75 Å². The van der Waals surface area contributed by atoms with Gasteiger partial charge in [-0.1, -0.05) is 17.6 Å². The van der Waals surface area contributed by atoms with Crippen molar-refractivity contribution in [2.24, 2.45) is 0 Å². The second-order valence-corrected chi connectivity index (χ2v) is 3.95. The molecule has 1 nitrogen and oxygen atoms in total. The van der Waals surface area contributed by atoms with E-state index in [9.17, 15) is 12.9 Å². The number of methoxy groups -OCH3 is 1. The van der Waals surface area contributed by atoms with E-state index < -0.39 is 12.4 Å². The third-order valence-corrected chi connectivity index (χ3v) is 2.58. The smallest absolute Gasteiger partial charge is 0.500 e. The van der Waals surface area contributed by atoms with Gasteiger partial charge in [0.05, 0.1) is 12.9 Å². The molecule has 0 bridgehead atoms. The summed E-state index contributed by atoms with van der Waals surface area (Å²) in [4.78, 5) is 0. The molecular weight excluding hydrogens is 263 g/mol. The van der Waals surface area contributed by atoms with Gasteiger partial charge in [0.1, 0.15) is 0 Å². The molecule has 1 aromatic carbocycles. The summed E-state index contributed by atoms with van der Waals surface area (Å²) in [7, 11) is 1.24. The zero-order valence-electron chi connectivity index (χ0n) is 9.47. The molecule has 16 heavy (non-hydrogen) atoms. The first-order valence-corrected chi connectivity index (χ1v) is 5.74. The van der Waals surface area contributed by atoms with E-state index in [-0.39, 0.29) is 57.1 Å². The fourth-order valence-electron chi connectivity index (χ4n) is 1.30. The maximum atomic E-state index is 12.6. The SMILES string of the molecule is COc1ccc(CSC)cc1[B-](F)(F)F.[K+]. The van der Waals surface area contributed by atoms with E-state index >= 15 is 0 Å². The third kappa shape index (κ3) is 4.62. The molecule has 0 aromatic heterocycles. The summed E-state index contributed by atoms with van der Waals surface area (Å²) < 4.78 is 42.6. The average Bonchev–Trinajstić information content (AvgIpc) is 2.17. The molecule has 0 radical (unpaired) electrons. The number of ether oxygens (including phenoxy) is 1. The molecule has 0 unspecified atom stereocenters. The van der Waals surface area contributed by atoms with Crippen molar-refractivity contribution in [3.63, 3.8) is 0 Å². The molecule has 7 heteroatoms. The molecule has 1 aromatic rings. The average molecular weight is 274 g/mol. The van der Waals surface area contributed by atoms with Crippen molar-refractivity contribution in [1.82, 2.24) is 0 Å². The van der Waals surface area contributed by atoms with Gasteiger partial charge in [-0.25, -0.2) is 0 Å². The minimum Gasteiger partial charge on any atom is -0.500 e. The van der Waals surface area contributed by atoms with E-state index in [1.54, 1.807) is 6.07 Å². The minimum atomic E-state index is -5.01. The van der Waals surface area contributed by atoms with Crippen LogP contribution < -0.4 is 61.6 Å². The van der Waals surface area contributed by atoms with Gasteiger partial charge in [0.15, 0.2) is 0 Å². The Hall–Kier alpha value is 0.861. The van der Waals surface area contributed by atoms with Crippen LogP contribution in [0.4, 0.5) is 12.9 Å². The van der Waals surface area contributed by atoms with Crippen LogP contribution in [0.2, 0.25) is 0 Å². The summed E-state index contributed by atoms with van der Waals surface area (Å²) in [5.74, 6) is 0.468. The van der Waals surface area contributed by atoms with Crippen LogP contribution in [-0.2, 0) is 5.75 Å². The van der Waals surface area contributed by atoms with Gasteiger partial charge in [0.25, 0.3) is 0 Å². The maximum absolute atomic E-state index is 12.6. The fraction of sp³-hybridized carbons (Fsp3) is 0.333. The summed E-state index contributed by atoms with van der Waals surface area (Å²) in [6.45, 7) is -5.01. The summed E-state index contributed by atoms with van der Waals surface area (Å²) in [5.41, 5.74) is 0.0153. The Kier molecular flexibility index (Phi) is 7.72. The van der Waals surface area contributed by atoms with E-state index in [4.69, 9.17) is 4.74 Å². The molecule has 0 saturated heterocycles. The van der Waals surface area contributed by atoms with Crippen molar-refractivity contribution in [1.29, 1.82) is 0 Å². The molecule has 0 saturated carbocycles. The Bertz CT molecular complexity index is 346. The quantitative estimate of drug-likeness (QED) is 0.692. The fourth-order valence-corrected chi connectivity index (χ4v) is 1.81.